The molecule has 2 aromatic carbocycles. The molecule has 220 valence electrons. The van der Waals surface area contributed by atoms with Crippen molar-refractivity contribution in [3.8, 4) is 28.8 Å². The summed E-state index contributed by atoms with van der Waals surface area (Å²) >= 11 is 0. The molecule has 0 aliphatic heterocycles. The van der Waals surface area contributed by atoms with Gasteiger partial charge in [-0.2, -0.15) is 0 Å². The lowest BCUT2D eigenvalue weighted by molar-refractivity contribution is 0.132. The summed E-state index contributed by atoms with van der Waals surface area (Å²) in [7, 11) is 6.35. The molecule has 0 radical (unpaired) electrons. The Morgan fingerprint density at radius 1 is 0.561 bits per heavy atom. The Morgan fingerprint density at radius 2 is 1.00 bits per heavy atom. The van der Waals surface area contributed by atoms with Gasteiger partial charge < -0.3 is 37.9 Å². The summed E-state index contributed by atoms with van der Waals surface area (Å²) in [4.78, 5) is 27.1. The van der Waals surface area contributed by atoms with Crippen LogP contribution in [0.5, 0.6) is 23.0 Å². The van der Waals surface area contributed by atoms with Crippen molar-refractivity contribution in [2.75, 3.05) is 81.3 Å². The average Bonchev–Trinajstić information content (AvgIpc) is 2.98. The number of rotatable bonds is 17. The lowest BCUT2D eigenvalue weighted by Crippen LogP contribution is -2.20. The Hall–Kier alpha value is -4.04. The monoisotopic (exact) mass is 570 g/mol. The summed E-state index contributed by atoms with van der Waals surface area (Å²) in [6.07, 6.45) is 2.80. The van der Waals surface area contributed by atoms with E-state index in [1.54, 1.807) is 52.7 Å². The molecule has 0 saturated carbocycles. The van der Waals surface area contributed by atoms with Gasteiger partial charge in [0.25, 0.3) is 5.56 Å². The minimum absolute atomic E-state index is 0.272. The van der Waals surface area contributed by atoms with Crippen LogP contribution in [0.4, 0.5) is 0 Å². The molecule has 2 heterocycles. The fraction of sp³-hybridized carbons (Fsp3) is 0.429. The number of ether oxygens (including phenoxy) is 8. The highest BCUT2D eigenvalue weighted by Gasteiger charge is 2.18. The summed E-state index contributed by atoms with van der Waals surface area (Å²) < 4.78 is 45.2. The third-order valence-corrected chi connectivity index (χ3v) is 5.91. The van der Waals surface area contributed by atoms with Gasteiger partial charge in [0.15, 0.2) is 28.8 Å². The summed E-state index contributed by atoms with van der Waals surface area (Å²) in [5, 5.41) is 0.889. The largest absolute Gasteiger partial charge is 0.487 e. The highest BCUT2D eigenvalue weighted by atomic mass is 16.6. The first-order valence-corrected chi connectivity index (χ1v) is 12.9. The van der Waals surface area contributed by atoms with Gasteiger partial charge in [0.2, 0.25) is 0 Å². The maximum atomic E-state index is 13.8. The molecule has 0 fully saturated rings. The van der Waals surface area contributed by atoms with Crippen molar-refractivity contribution in [3.05, 3.63) is 47.3 Å². The first-order valence-electron chi connectivity index (χ1n) is 12.9. The molecule has 2 aromatic heterocycles. The van der Waals surface area contributed by atoms with Crippen LogP contribution in [0.15, 0.2) is 41.7 Å². The second-order valence-corrected chi connectivity index (χ2v) is 8.61. The molecule has 13 heteroatoms. The Kier molecular flexibility index (Phi) is 11.0. The van der Waals surface area contributed by atoms with Crippen molar-refractivity contribution in [2.45, 2.75) is 0 Å². The van der Waals surface area contributed by atoms with Crippen molar-refractivity contribution in [3.63, 3.8) is 0 Å². The van der Waals surface area contributed by atoms with Gasteiger partial charge >= 0.3 is 0 Å². The molecule has 13 nitrogen and oxygen atoms in total. The maximum Gasteiger partial charge on any atom is 0.267 e. The molecule has 0 N–H and O–H groups in total. The van der Waals surface area contributed by atoms with Crippen LogP contribution in [0.25, 0.3) is 27.6 Å². The number of benzene rings is 2. The van der Waals surface area contributed by atoms with Gasteiger partial charge in [-0.05, 0) is 12.1 Å². The van der Waals surface area contributed by atoms with Gasteiger partial charge in [-0.25, -0.2) is 19.5 Å². The van der Waals surface area contributed by atoms with E-state index < -0.39 is 0 Å². The van der Waals surface area contributed by atoms with Gasteiger partial charge in [0, 0.05) is 46.0 Å². The minimum atomic E-state index is -0.350. The smallest absolute Gasteiger partial charge is 0.267 e. The second-order valence-electron chi connectivity index (χ2n) is 8.61. The molecule has 0 spiro atoms. The molecule has 0 bridgehead atoms. The highest BCUT2D eigenvalue weighted by Crippen LogP contribution is 2.34. The number of fused-ring (bicyclic) bond motifs is 2. The number of aromatic nitrogens is 4. The molecular formula is C28H34N4O9. The van der Waals surface area contributed by atoms with Crippen molar-refractivity contribution in [1.29, 1.82) is 0 Å². The quantitative estimate of drug-likeness (QED) is 0.173. The summed E-state index contributed by atoms with van der Waals surface area (Å²) in [6, 6.07) is 6.76. The molecule has 0 aliphatic rings. The molecule has 4 rings (SSSR count). The fourth-order valence-corrected chi connectivity index (χ4v) is 3.91. The second kappa shape index (κ2) is 15.1. The van der Waals surface area contributed by atoms with Crippen LogP contribution in [-0.2, 0) is 18.9 Å². The van der Waals surface area contributed by atoms with E-state index in [0.717, 1.165) is 0 Å². The van der Waals surface area contributed by atoms with Crippen molar-refractivity contribution >= 4 is 21.8 Å². The van der Waals surface area contributed by atoms with Gasteiger partial charge in [0.1, 0.15) is 39.1 Å². The molecule has 41 heavy (non-hydrogen) atoms. The zero-order valence-electron chi connectivity index (χ0n) is 23.6. The Labute approximate surface area is 236 Å². The van der Waals surface area contributed by atoms with Crippen LogP contribution in [0.2, 0.25) is 0 Å². The van der Waals surface area contributed by atoms with Gasteiger partial charge in [0.05, 0.1) is 42.8 Å². The SMILES string of the molecule is COCCOc1cc2ncnc(-n3cnc4cc(OCCOC)c(OCCOC)cc4c3=O)c2cc1OCCOC. The van der Waals surface area contributed by atoms with Gasteiger partial charge in [-0.15, -0.1) is 0 Å². The van der Waals surface area contributed by atoms with Crippen LogP contribution in [0.3, 0.4) is 0 Å². The van der Waals surface area contributed by atoms with Crippen LogP contribution in [0.1, 0.15) is 0 Å². The lowest BCUT2D eigenvalue weighted by atomic mass is 10.2. The average molecular weight is 571 g/mol. The number of nitrogens with zero attached hydrogens (tertiary/aromatic N) is 4. The van der Waals surface area contributed by atoms with E-state index in [4.69, 9.17) is 37.9 Å². The third-order valence-electron chi connectivity index (χ3n) is 5.91. The highest BCUT2D eigenvalue weighted by molar-refractivity contribution is 5.89. The molecule has 4 aromatic rings. The van der Waals surface area contributed by atoms with Gasteiger partial charge in [-0.1, -0.05) is 0 Å². The summed E-state index contributed by atoms with van der Waals surface area (Å²) in [5.41, 5.74) is 0.643. The zero-order valence-corrected chi connectivity index (χ0v) is 23.6. The van der Waals surface area contributed by atoms with Crippen molar-refractivity contribution in [2.24, 2.45) is 0 Å². The first kappa shape index (κ1) is 29.9. The van der Waals surface area contributed by atoms with Crippen molar-refractivity contribution < 1.29 is 37.9 Å². The number of hydrogen-bond acceptors (Lipinski definition) is 12. The van der Waals surface area contributed by atoms with E-state index in [2.05, 4.69) is 15.0 Å². The van der Waals surface area contributed by atoms with E-state index in [-0.39, 0.29) is 12.2 Å². The Morgan fingerprint density at radius 3 is 1.49 bits per heavy atom. The van der Waals surface area contributed by atoms with E-state index in [0.29, 0.717) is 96.9 Å². The Balaban J connectivity index is 1.79. The molecule has 0 unspecified atom stereocenters. The number of hydrogen-bond donors (Lipinski definition) is 0. The zero-order chi connectivity index (χ0) is 29.0. The topological polar surface area (TPSA) is 135 Å². The predicted octanol–water partition coefficient (Wildman–Crippen LogP) is 2.43. The predicted molar refractivity (Wildman–Crippen MR) is 150 cm³/mol. The van der Waals surface area contributed by atoms with Crippen LogP contribution >= 0.6 is 0 Å². The fourth-order valence-electron chi connectivity index (χ4n) is 3.91. The molecular weight excluding hydrogens is 536 g/mol. The Bertz CT molecular complexity index is 1500. The normalized spacial score (nSPS) is 11.2. The molecule has 0 aliphatic carbocycles. The van der Waals surface area contributed by atoms with Crippen LogP contribution < -0.4 is 24.5 Å². The summed E-state index contributed by atoms with van der Waals surface area (Å²) in [6.45, 7) is 2.73. The molecule has 0 atom stereocenters. The van der Waals surface area contributed by atoms with E-state index in [1.807, 2.05) is 0 Å². The van der Waals surface area contributed by atoms with E-state index in [9.17, 15) is 4.79 Å². The number of methoxy groups -OCH3 is 4. The van der Waals surface area contributed by atoms with Crippen LogP contribution in [-0.4, -0.2) is 101 Å². The standard InChI is InChI=1S/C28H34N4O9/c1-34-5-9-38-23-13-19-21(15-25(23)40-11-7-36-3)29-17-30-27(19)32-18-31-22-16-26(41-12-8-37-4)24(39-10-6-35-2)14-20(22)28(32)33/h13-18H,5-12H2,1-4H3. The molecule has 0 saturated heterocycles. The minimum Gasteiger partial charge on any atom is -0.487 e. The maximum absolute atomic E-state index is 13.8. The van der Waals surface area contributed by atoms with Gasteiger partial charge in [-0.3, -0.25) is 4.79 Å². The van der Waals surface area contributed by atoms with Crippen molar-refractivity contribution in [1.82, 2.24) is 19.5 Å². The van der Waals surface area contributed by atoms with Crippen LogP contribution in [0, 0.1) is 0 Å². The first-order chi connectivity index (χ1) is 20.1. The van der Waals surface area contributed by atoms with E-state index >= 15 is 0 Å². The summed E-state index contributed by atoms with van der Waals surface area (Å²) in [5.74, 6) is 2.10. The van der Waals surface area contributed by atoms with E-state index in [1.165, 1.54) is 17.2 Å². The molecule has 0 amide bonds. The lowest BCUT2D eigenvalue weighted by Gasteiger charge is -2.16. The third kappa shape index (κ3) is 7.38.